The molecule has 3 fully saturated rings. The lowest BCUT2D eigenvalue weighted by Gasteiger charge is -2.30. The zero-order valence-corrected chi connectivity index (χ0v) is 23.7. The lowest BCUT2D eigenvalue weighted by atomic mass is 10.1. The second-order valence-corrected chi connectivity index (χ2v) is 13.4. The van der Waals surface area contributed by atoms with Gasteiger partial charge in [0.15, 0.2) is 0 Å². The van der Waals surface area contributed by atoms with Crippen LogP contribution in [0.4, 0.5) is 4.79 Å². The van der Waals surface area contributed by atoms with E-state index in [-0.39, 0.29) is 31.3 Å². The van der Waals surface area contributed by atoms with Gasteiger partial charge in [-0.05, 0) is 43.7 Å². The summed E-state index contributed by atoms with van der Waals surface area (Å²) < 4.78 is 27.4. The zero-order valence-electron chi connectivity index (χ0n) is 22.8. The Morgan fingerprint density at radius 1 is 1.15 bits per heavy atom. The highest BCUT2D eigenvalue weighted by atomic mass is 32.2. The van der Waals surface area contributed by atoms with Gasteiger partial charge < -0.3 is 15.1 Å². The fourth-order valence-corrected chi connectivity index (χ4v) is 7.04. The van der Waals surface area contributed by atoms with Crippen molar-refractivity contribution in [3.8, 4) is 11.4 Å². The van der Waals surface area contributed by atoms with Crippen LogP contribution in [0.1, 0.15) is 51.0 Å². The first-order valence-corrected chi connectivity index (χ1v) is 15.6. The summed E-state index contributed by atoms with van der Waals surface area (Å²) in [5, 5.41) is 15.2. The maximum absolute atomic E-state index is 13.8. The lowest BCUT2D eigenvalue weighted by Crippen LogP contribution is -2.57. The Labute approximate surface area is 238 Å². The van der Waals surface area contributed by atoms with Gasteiger partial charge in [-0.3, -0.25) is 14.3 Å². The molecule has 4 atom stereocenters. The largest absolute Gasteiger partial charge is 0.339 e. The minimum atomic E-state index is -3.80. The third kappa shape index (κ3) is 5.44. The predicted molar refractivity (Wildman–Crippen MR) is 147 cm³/mol. The summed E-state index contributed by atoms with van der Waals surface area (Å²) in [6.07, 6.45) is 7.77. The molecule has 3 heterocycles. The Morgan fingerprint density at radius 2 is 1.93 bits per heavy atom. The molecule has 41 heavy (non-hydrogen) atoms. The fraction of sp³-hybridized carbons (Fsp3) is 0.556. The van der Waals surface area contributed by atoms with Crippen LogP contribution in [-0.4, -0.2) is 93.2 Å². The summed E-state index contributed by atoms with van der Waals surface area (Å²) in [6, 6.07) is 7.77. The van der Waals surface area contributed by atoms with Gasteiger partial charge in [-0.1, -0.05) is 42.5 Å². The highest BCUT2D eigenvalue weighted by molar-refractivity contribution is 7.91. The number of nitrogens with one attached hydrogen (secondary N) is 2. The average molecular weight is 583 g/mol. The Hall–Kier alpha value is -3.81. The van der Waals surface area contributed by atoms with Gasteiger partial charge in [0.25, 0.3) is 5.91 Å². The summed E-state index contributed by atoms with van der Waals surface area (Å²) >= 11 is 0. The summed E-state index contributed by atoms with van der Waals surface area (Å²) in [5.41, 5.74) is -0.587. The number of carbonyl (C=O) groups excluding carboxylic acids is 3. The van der Waals surface area contributed by atoms with Crippen LogP contribution in [0.15, 0.2) is 42.5 Å². The maximum Gasteiger partial charge on any atom is 0.320 e. The number of hydrogen-bond donors (Lipinski definition) is 2. The summed E-state index contributed by atoms with van der Waals surface area (Å²) in [6.45, 7) is 0.723. The Balaban J connectivity index is 1.27. The molecule has 1 aromatic carbocycles. The fourth-order valence-electron chi connectivity index (χ4n) is 5.68. The summed E-state index contributed by atoms with van der Waals surface area (Å²) in [5.74, 6) is -1.13. The van der Waals surface area contributed by atoms with Gasteiger partial charge in [-0.25, -0.2) is 13.2 Å². The molecule has 0 bridgehead atoms. The third-order valence-electron chi connectivity index (χ3n) is 8.39. The van der Waals surface area contributed by atoms with E-state index in [2.05, 4.69) is 25.4 Å². The minimum absolute atomic E-state index is 0.185. The smallest absolute Gasteiger partial charge is 0.320 e. The van der Waals surface area contributed by atoms with E-state index < -0.39 is 44.7 Å². The molecule has 2 N–H and O–H groups in total. The number of allylic oxidation sites excluding steroid dienone is 1. The standard InChI is InChI=1S/C27H34N8O5S/c1-33-14-8-3-2-7-11-19-16-27(19,25(37)31-41(39,40)21-12-13-21)28-24(36)22-15-20(17-34(22)26(33)38)35-30-23(29-32-35)18-9-5-4-6-10-18/h4-7,9-11,19-22H,2-3,8,12-17H2,1H3,(H,28,36)(H,31,37)/t19-,20+,22-,27-/m0/s1. The van der Waals surface area contributed by atoms with Gasteiger partial charge in [0.2, 0.25) is 21.8 Å². The van der Waals surface area contributed by atoms with E-state index in [1.165, 1.54) is 9.70 Å². The van der Waals surface area contributed by atoms with Crippen molar-refractivity contribution in [2.75, 3.05) is 20.1 Å². The number of hydrogen-bond acceptors (Lipinski definition) is 8. The van der Waals surface area contributed by atoms with Crippen molar-refractivity contribution in [1.29, 1.82) is 0 Å². The average Bonchev–Trinajstić information content (AvgIpc) is 3.82. The van der Waals surface area contributed by atoms with Crippen molar-refractivity contribution in [3.63, 3.8) is 0 Å². The van der Waals surface area contributed by atoms with Crippen LogP contribution in [-0.2, 0) is 19.6 Å². The normalized spacial score (nSPS) is 28.9. The molecule has 2 aromatic rings. The molecule has 0 unspecified atom stereocenters. The quantitative estimate of drug-likeness (QED) is 0.498. The van der Waals surface area contributed by atoms with Crippen LogP contribution in [0, 0.1) is 5.92 Å². The molecule has 2 aliphatic carbocycles. The van der Waals surface area contributed by atoms with Crippen molar-refractivity contribution in [1.82, 2.24) is 40.0 Å². The minimum Gasteiger partial charge on any atom is -0.339 e. The number of tetrazole rings is 1. The van der Waals surface area contributed by atoms with Crippen LogP contribution in [0.25, 0.3) is 11.4 Å². The number of rotatable bonds is 5. The van der Waals surface area contributed by atoms with Crippen molar-refractivity contribution >= 4 is 27.9 Å². The monoisotopic (exact) mass is 582 g/mol. The van der Waals surface area contributed by atoms with Crippen LogP contribution in [0.3, 0.4) is 0 Å². The van der Waals surface area contributed by atoms with E-state index in [0.29, 0.717) is 25.2 Å². The number of aromatic nitrogens is 4. The number of sulfonamides is 1. The molecule has 4 aliphatic rings. The second kappa shape index (κ2) is 10.5. The molecule has 1 saturated heterocycles. The number of benzene rings is 1. The van der Waals surface area contributed by atoms with E-state index in [0.717, 1.165) is 24.8 Å². The molecule has 2 aliphatic heterocycles. The van der Waals surface area contributed by atoms with Crippen molar-refractivity contribution in [3.05, 3.63) is 42.5 Å². The van der Waals surface area contributed by atoms with Gasteiger partial charge in [0.05, 0.1) is 11.3 Å². The summed E-state index contributed by atoms with van der Waals surface area (Å²) in [4.78, 5) is 45.3. The Morgan fingerprint density at radius 3 is 2.68 bits per heavy atom. The van der Waals surface area contributed by atoms with Crippen LogP contribution >= 0.6 is 0 Å². The van der Waals surface area contributed by atoms with Gasteiger partial charge >= 0.3 is 6.03 Å². The lowest BCUT2D eigenvalue weighted by molar-refractivity contribution is -0.131. The summed E-state index contributed by atoms with van der Waals surface area (Å²) in [7, 11) is -2.09. The SMILES string of the molecule is CN1CCCCC=C[C@H]2C[C@]2(C(=O)NS(=O)(=O)C2CC2)NC(=O)[C@@H]2C[C@@H](n3nnc(-c4ccccc4)n3)CN2C1=O. The number of fused-ring (bicyclic) bond motifs is 2. The molecule has 6 rings (SSSR count). The molecule has 1 aromatic heterocycles. The van der Waals surface area contributed by atoms with Crippen LogP contribution in [0.5, 0.6) is 0 Å². The second-order valence-electron chi connectivity index (χ2n) is 11.4. The Bertz CT molecular complexity index is 1470. The zero-order chi connectivity index (χ0) is 28.8. The van der Waals surface area contributed by atoms with E-state index in [1.54, 1.807) is 11.9 Å². The highest BCUT2D eigenvalue weighted by Gasteiger charge is 2.62. The van der Waals surface area contributed by atoms with E-state index in [4.69, 9.17) is 0 Å². The first-order chi connectivity index (χ1) is 19.7. The highest BCUT2D eigenvalue weighted by Crippen LogP contribution is 2.46. The number of carbonyl (C=O) groups is 3. The first kappa shape index (κ1) is 27.4. The Kier molecular flexibility index (Phi) is 7.04. The molecule has 218 valence electrons. The predicted octanol–water partition coefficient (Wildman–Crippen LogP) is 1.23. The third-order valence-corrected chi connectivity index (χ3v) is 10.2. The number of nitrogens with zero attached hydrogens (tertiary/aromatic N) is 6. The molecular formula is C27H34N8O5S. The first-order valence-electron chi connectivity index (χ1n) is 14.1. The van der Waals surface area contributed by atoms with Gasteiger partial charge in [0.1, 0.15) is 11.6 Å². The van der Waals surface area contributed by atoms with Crippen LogP contribution < -0.4 is 10.0 Å². The molecule has 4 amide bonds. The van der Waals surface area contributed by atoms with Gasteiger partial charge in [-0.2, -0.15) is 4.80 Å². The van der Waals surface area contributed by atoms with Crippen molar-refractivity contribution in [2.24, 2.45) is 5.92 Å². The van der Waals surface area contributed by atoms with Crippen molar-refractivity contribution in [2.45, 2.75) is 67.8 Å². The van der Waals surface area contributed by atoms with Crippen molar-refractivity contribution < 1.29 is 22.8 Å². The molecule has 2 saturated carbocycles. The van der Waals surface area contributed by atoms with Gasteiger partial charge in [-0.15, -0.1) is 10.2 Å². The molecule has 13 nitrogen and oxygen atoms in total. The van der Waals surface area contributed by atoms with E-state index in [9.17, 15) is 22.8 Å². The number of urea groups is 1. The molecule has 14 heteroatoms. The topological polar surface area (TPSA) is 159 Å². The van der Waals surface area contributed by atoms with Crippen LogP contribution in [0.2, 0.25) is 0 Å². The maximum atomic E-state index is 13.8. The molecule has 0 spiro atoms. The molecular weight excluding hydrogens is 548 g/mol. The van der Waals surface area contributed by atoms with E-state index >= 15 is 0 Å². The van der Waals surface area contributed by atoms with E-state index in [1.807, 2.05) is 42.5 Å². The molecule has 0 radical (unpaired) electrons. The van der Waals surface area contributed by atoms with Gasteiger partial charge in [0, 0.05) is 38.0 Å². The number of amides is 4.